The Morgan fingerprint density at radius 3 is 2.44 bits per heavy atom. The summed E-state index contributed by atoms with van der Waals surface area (Å²) in [5.41, 5.74) is 3.02. The van der Waals surface area contributed by atoms with E-state index in [2.05, 4.69) is 20.8 Å². The number of methoxy groups -OCH3 is 2. The zero-order valence-corrected chi connectivity index (χ0v) is 19.6. The molecule has 0 spiro atoms. The molecule has 1 saturated heterocycles. The van der Waals surface area contributed by atoms with Crippen LogP contribution < -0.4 is 4.74 Å². The summed E-state index contributed by atoms with van der Waals surface area (Å²) in [4.78, 5) is 27.5. The van der Waals surface area contributed by atoms with Gasteiger partial charge in [0.15, 0.2) is 0 Å². The molecule has 2 aromatic carbocycles. The van der Waals surface area contributed by atoms with Crippen molar-refractivity contribution < 1.29 is 24.2 Å². The summed E-state index contributed by atoms with van der Waals surface area (Å²) in [6, 6.07) is 12.3. The third-order valence-corrected chi connectivity index (χ3v) is 5.84. The Labute approximate surface area is 189 Å². The summed E-state index contributed by atoms with van der Waals surface area (Å²) in [6.45, 7) is 8.63. The molecule has 170 valence electrons. The number of carbonyl (C=O) groups excluding carboxylic acids is 2. The van der Waals surface area contributed by atoms with Crippen LogP contribution in [0.25, 0.3) is 5.76 Å². The van der Waals surface area contributed by atoms with Gasteiger partial charge in [-0.1, -0.05) is 45.0 Å². The third-order valence-electron chi connectivity index (χ3n) is 5.84. The quantitative estimate of drug-likeness (QED) is 0.413. The van der Waals surface area contributed by atoms with E-state index in [1.54, 1.807) is 32.4 Å². The molecule has 2 aromatic rings. The minimum Gasteiger partial charge on any atom is -0.507 e. The minimum absolute atomic E-state index is 0.0773. The Morgan fingerprint density at radius 2 is 1.81 bits per heavy atom. The fourth-order valence-electron chi connectivity index (χ4n) is 3.95. The van der Waals surface area contributed by atoms with Gasteiger partial charge in [-0.15, -0.1) is 0 Å². The van der Waals surface area contributed by atoms with Gasteiger partial charge in [0.05, 0.1) is 25.3 Å². The molecule has 3 rings (SSSR count). The van der Waals surface area contributed by atoms with E-state index >= 15 is 0 Å². The predicted octanol–water partition coefficient (Wildman–Crippen LogP) is 4.37. The molecular weight excluding hydrogens is 406 g/mol. The van der Waals surface area contributed by atoms with Gasteiger partial charge in [0, 0.05) is 19.2 Å². The normalized spacial score (nSPS) is 18.3. The van der Waals surface area contributed by atoms with Gasteiger partial charge in [0.2, 0.25) is 0 Å². The van der Waals surface area contributed by atoms with E-state index in [1.807, 2.05) is 31.2 Å². The summed E-state index contributed by atoms with van der Waals surface area (Å²) < 4.78 is 10.5. The van der Waals surface area contributed by atoms with E-state index in [4.69, 9.17) is 9.47 Å². The number of ether oxygens (including phenoxy) is 2. The lowest BCUT2D eigenvalue weighted by Crippen LogP contribution is -2.32. The second kappa shape index (κ2) is 9.17. The Balaban J connectivity index is 2.24. The van der Waals surface area contributed by atoms with Gasteiger partial charge in [-0.05, 0) is 47.2 Å². The van der Waals surface area contributed by atoms with Crippen LogP contribution in [0.15, 0.2) is 48.0 Å². The van der Waals surface area contributed by atoms with Crippen LogP contribution in [0.3, 0.4) is 0 Å². The van der Waals surface area contributed by atoms with Gasteiger partial charge in [-0.2, -0.15) is 0 Å². The molecule has 6 nitrogen and oxygen atoms in total. The van der Waals surface area contributed by atoms with Crippen LogP contribution >= 0.6 is 0 Å². The van der Waals surface area contributed by atoms with E-state index in [0.29, 0.717) is 16.9 Å². The molecule has 0 aromatic heterocycles. The molecule has 1 amide bonds. The van der Waals surface area contributed by atoms with Gasteiger partial charge in [0.1, 0.15) is 11.5 Å². The molecule has 6 heteroatoms. The van der Waals surface area contributed by atoms with E-state index < -0.39 is 17.7 Å². The highest BCUT2D eigenvalue weighted by molar-refractivity contribution is 6.46. The highest BCUT2D eigenvalue weighted by atomic mass is 16.5. The largest absolute Gasteiger partial charge is 0.507 e. The second-order valence-corrected chi connectivity index (χ2v) is 9.04. The first-order valence-electron chi connectivity index (χ1n) is 10.6. The first kappa shape index (κ1) is 23.5. The maximum Gasteiger partial charge on any atom is 0.295 e. The van der Waals surface area contributed by atoms with Crippen LogP contribution in [-0.4, -0.2) is 49.1 Å². The van der Waals surface area contributed by atoms with Crippen molar-refractivity contribution in [2.24, 2.45) is 0 Å². The molecular formula is C26H31NO5. The minimum atomic E-state index is -0.738. The third kappa shape index (κ3) is 4.41. The maximum absolute atomic E-state index is 13.1. The van der Waals surface area contributed by atoms with Crippen molar-refractivity contribution in [2.45, 2.75) is 39.2 Å². The van der Waals surface area contributed by atoms with E-state index in [9.17, 15) is 14.7 Å². The van der Waals surface area contributed by atoms with Gasteiger partial charge in [-0.25, -0.2) is 0 Å². The lowest BCUT2D eigenvalue weighted by Gasteiger charge is -2.26. The van der Waals surface area contributed by atoms with Crippen molar-refractivity contribution >= 4 is 17.4 Å². The van der Waals surface area contributed by atoms with Crippen LogP contribution in [0.5, 0.6) is 5.75 Å². The number of aliphatic hydroxyl groups is 1. The summed E-state index contributed by atoms with van der Waals surface area (Å²) in [5, 5.41) is 11.4. The molecule has 1 fully saturated rings. The summed E-state index contributed by atoms with van der Waals surface area (Å²) >= 11 is 0. The van der Waals surface area contributed by atoms with Crippen LogP contribution in [0.4, 0.5) is 0 Å². The molecule has 1 aliphatic heterocycles. The number of likely N-dealkylation sites (tertiary alicyclic amines) is 1. The van der Waals surface area contributed by atoms with Gasteiger partial charge in [0.25, 0.3) is 11.7 Å². The predicted molar refractivity (Wildman–Crippen MR) is 124 cm³/mol. The molecule has 1 N–H and O–H groups in total. The van der Waals surface area contributed by atoms with Crippen LogP contribution in [0, 0.1) is 6.92 Å². The Hall–Kier alpha value is -3.12. The van der Waals surface area contributed by atoms with Crippen molar-refractivity contribution in [2.75, 3.05) is 27.4 Å². The van der Waals surface area contributed by atoms with Crippen molar-refractivity contribution in [3.8, 4) is 5.75 Å². The Kier molecular flexibility index (Phi) is 6.74. The van der Waals surface area contributed by atoms with Crippen molar-refractivity contribution in [3.05, 3.63) is 70.3 Å². The standard InChI is InChI=1S/C26H31NO5/c1-16-10-11-18(26(2,3)4)15-20(16)23(28)21-22(17-8-7-9-19(14-17)32-6)27(12-13-31-5)25(30)24(21)29/h7-11,14-15,22,28H,12-13H2,1-6H3/b23-21+. The molecule has 0 bridgehead atoms. The Bertz CT molecular complexity index is 1060. The topological polar surface area (TPSA) is 76.1 Å². The molecule has 1 atom stereocenters. The number of ketones is 1. The fraction of sp³-hybridized carbons (Fsp3) is 0.385. The summed E-state index contributed by atoms with van der Waals surface area (Å²) in [6.07, 6.45) is 0. The molecule has 1 heterocycles. The number of nitrogens with zero attached hydrogens (tertiary/aromatic N) is 1. The lowest BCUT2D eigenvalue weighted by molar-refractivity contribution is -0.140. The number of rotatable bonds is 6. The molecule has 0 aliphatic carbocycles. The molecule has 1 aliphatic rings. The SMILES string of the molecule is COCCN1C(=O)C(=O)/C(=C(/O)c2cc(C(C)(C)C)ccc2C)C1c1cccc(OC)c1. The van der Waals surface area contributed by atoms with E-state index in [1.165, 1.54) is 4.90 Å². The van der Waals surface area contributed by atoms with Crippen molar-refractivity contribution in [1.82, 2.24) is 4.90 Å². The number of amides is 1. The molecule has 32 heavy (non-hydrogen) atoms. The van der Waals surface area contributed by atoms with E-state index in [0.717, 1.165) is 11.1 Å². The number of aryl methyl sites for hydroxylation is 1. The van der Waals surface area contributed by atoms with Crippen molar-refractivity contribution in [1.29, 1.82) is 0 Å². The van der Waals surface area contributed by atoms with Crippen LogP contribution in [-0.2, 0) is 19.7 Å². The molecule has 0 radical (unpaired) electrons. The van der Waals surface area contributed by atoms with Crippen LogP contribution in [0.1, 0.15) is 49.1 Å². The number of benzene rings is 2. The number of carbonyl (C=O) groups is 2. The van der Waals surface area contributed by atoms with Gasteiger partial charge in [-0.3, -0.25) is 9.59 Å². The fourth-order valence-corrected chi connectivity index (χ4v) is 3.95. The van der Waals surface area contributed by atoms with Gasteiger partial charge >= 0.3 is 0 Å². The average molecular weight is 438 g/mol. The molecule has 0 saturated carbocycles. The smallest absolute Gasteiger partial charge is 0.295 e. The average Bonchev–Trinajstić information content (AvgIpc) is 3.01. The number of Topliss-reactive ketones (excluding diaryl/α,β-unsaturated/α-hetero) is 1. The zero-order chi connectivity index (χ0) is 23.6. The molecule has 1 unspecified atom stereocenters. The lowest BCUT2D eigenvalue weighted by atomic mass is 9.84. The summed E-state index contributed by atoms with van der Waals surface area (Å²) in [5.74, 6) is -0.918. The first-order chi connectivity index (χ1) is 15.1. The number of hydrogen-bond acceptors (Lipinski definition) is 5. The summed E-state index contributed by atoms with van der Waals surface area (Å²) in [7, 11) is 3.10. The first-order valence-corrected chi connectivity index (χ1v) is 10.6. The van der Waals surface area contributed by atoms with Gasteiger partial charge < -0.3 is 19.5 Å². The maximum atomic E-state index is 13.1. The highest BCUT2D eigenvalue weighted by Crippen LogP contribution is 2.41. The monoisotopic (exact) mass is 437 g/mol. The zero-order valence-electron chi connectivity index (χ0n) is 19.6. The number of hydrogen-bond donors (Lipinski definition) is 1. The second-order valence-electron chi connectivity index (χ2n) is 9.04. The Morgan fingerprint density at radius 1 is 1.09 bits per heavy atom. The number of aliphatic hydroxyl groups excluding tert-OH is 1. The van der Waals surface area contributed by atoms with Crippen LogP contribution in [0.2, 0.25) is 0 Å². The van der Waals surface area contributed by atoms with Crippen molar-refractivity contribution in [3.63, 3.8) is 0 Å². The van der Waals surface area contributed by atoms with E-state index in [-0.39, 0.29) is 29.9 Å². The highest BCUT2D eigenvalue weighted by Gasteiger charge is 2.46.